The Morgan fingerprint density at radius 1 is 1.32 bits per heavy atom. The number of halogens is 1. The van der Waals surface area contributed by atoms with Crippen molar-refractivity contribution in [2.24, 2.45) is 10.9 Å². The van der Waals surface area contributed by atoms with E-state index < -0.39 is 0 Å². The molecule has 0 unspecified atom stereocenters. The van der Waals surface area contributed by atoms with Crippen molar-refractivity contribution in [1.29, 1.82) is 0 Å². The molecule has 0 amide bonds. The molecule has 1 fully saturated rings. The summed E-state index contributed by atoms with van der Waals surface area (Å²) in [5, 5.41) is 7.64. The van der Waals surface area contributed by atoms with E-state index in [0.29, 0.717) is 5.92 Å². The van der Waals surface area contributed by atoms with Gasteiger partial charge < -0.3 is 20.3 Å². The van der Waals surface area contributed by atoms with Crippen LogP contribution in [0.2, 0.25) is 5.02 Å². The van der Waals surface area contributed by atoms with E-state index in [1.807, 2.05) is 25.2 Å². The number of guanidine groups is 1. The Labute approximate surface area is 156 Å². The Balaban J connectivity index is 1.62. The van der Waals surface area contributed by atoms with Gasteiger partial charge in [-0.3, -0.25) is 4.99 Å². The van der Waals surface area contributed by atoms with Crippen molar-refractivity contribution >= 4 is 17.6 Å². The molecule has 0 saturated carbocycles. The minimum Gasteiger partial charge on any atom is -0.383 e. The van der Waals surface area contributed by atoms with E-state index in [9.17, 15) is 0 Å². The van der Waals surface area contributed by atoms with Crippen molar-refractivity contribution < 1.29 is 4.74 Å². The topological polar surface area (TPSA) is 48.9 Å². The fourth-order valence-electron chi connectivity index (χ4n) is 3.11. The first-order chi connectivity index (χ1) is 12.2. The first-order valence-corrected chi connectivity index (χ1v) is 9.49. The molecule has 140 valence electrons. The van der Waals surface area contributed by atoms with Crippen LogP contribution in [0.25, 0.3) is 0 Å². The number of piperidine rings is 1. The number of ether oxygens (including phenoxy) is 1. The molecule has 2 N–H and O–H groups in total. The Morgan fingerprint density at radius 2 is 2.12 bits per heavy atom. The lowest BCUT2D eigenvalue weighted by Crippen LogP contribution is -2.43. The summed E-state index contributed by atoms with van der Waals surface area (Å²) in [6, 6.07) is 8.00. The summed E-state index contributed by atoms with van der Waals surface area (Å²) in [5.74, 6) is 1.59. The summed E-state index contributed by atoms with van der Waals surface area (Å²) >= 11 is 6.02. The molecule has 0 aromatic heterocycles. The maximum absolute atomic E-state index is 6.02. The number of nitrogens with zero attached hydrogens (tertiary/aromatic N) is 2. The van der Waals surface area contributed by atoms with E-state index >= 15 is 0 Å². The van der Waals surface area contributed by atoms with Crippen LogP contribution in [0.1, 0.15) is 18.4 Å². The van der Waals surface area contributed by atoms with Gasteiger partial charge in [0.1, 0.15) is 0 Å². The van der Waals surface area contributed by atoms with Gasteiger partial charge in [-0.05, 0) is 56.0 Å². The maximum Gasteiger partial charge on any atom is 0.190 e. The van der Waals surface area contributed by atoms with Gasteiger partial charge in [-0.15, -0.1) is 0 Å². The molecule has 6 heteroatoms. The van der Waals surface area contributed by atoms with Crippen LogP contribution >= 0.6 is 11.6 Å². The Morgan fingerprint density at radius 3 is 2.80 bits per heavy atom. The highest BCUT2D eigenvalue weighted by molar-refractivity contribution is 6.30. The summed E-state index contributed by atoms with van der Waals surface area (Å²) < 4.78 is 5.16. The van der Waals surface area contributed by atoms with Gasteiger partial charge >= 0.3 is 0 Å². The third kappa shape index (κ3) is 7.63. The molecule has 1 aromatic rings. The molecule has 25 heavy (non-hydrogen) atoms. The van der Waals surface area contributed by atoms with Gasteiger partial charge in [-0.25, -0.2) is 0 Å². The van der Waals surface area contributed by atoms with Crippen molar-refractivity contribution in [1.82, 2.24) is 15.5 Å². The summed E-state index contributed by atoms with van der Waals surface area (Å²) in [6.07, 6.45) is 3.39. The largest absolute Gasteiger partial charge is 0.383 e. The van der Waals surface area contributed by atoms with Gasteiger partial charge in [0.2, 0.25) is 0 Å². The lowest BCUT2D eigenvalue weighted by Gasteiger charge is -2.32. The van der Waals surface area contributed by atoms with E-state index in [2.05, 4.69) is 26.6 Å². The molecule has 1 aliphatic rings. The van der Waals surface area contributed by atoms with Crippen LogP contribution < -0.4 is 10.6 Å². The van der Waals surface area contributed by atoms with Crippen LogP contribution in [-0.4, -0.2) is 64.3 Å². The van der Waals surface area contributed by atoms with Crippen molar-refractivity contribution in [2.45, 2.75) is 19.3 Å². The fraction of sp³-hybridized carbons (Fsp3) is 0.632. The molecule has 1 aromatic carbocycles. The average molecular weight is 367 g/mol. The van der Waals surface area contributed by atoms with Crippen molar-refractivity contribution in [3.05, 3.63) is 34.9 Å². The molecule has 1 saturated heterocycles. The number of nitrogens with one attached hydrogen (secondary N) is 2. The molecule has 0 atom stereocenters. The second-order valence-corrected chi connectivity index (χ2v) is 6.97. The first-order valence-electron chi connectivity index (χ1n) is 9.11. The molecule has 0 radical (unpaired) electrons. The number of methoxy groups -OCH3 is 1. The zero-order valence-corrected chi connectivity index (χ0v) is 16.2. The van der Waals surface area contributed by atoms with Crippen LogP contribution in [0.5, 0.6) is 0 Å². The van der Waals surface area contributed by atoms with Gasteiger partial charge in [0.05, 0.1) is 6.61 Å². The summed E-state index contributed by atoms with van der Waals surface area (Å²) in [4.78, 5) is 6.80. The maximum atomic E-state index is 6.02. The highest BCUT2D eigenvalue weighted by Crippen LogP contribution is 2.16. The van der Waals surface area contributed by atoms with Crippen LogP contribution in [0, 0.1) is 5.92 Å². The van der Waals surface area contributed by atoms with Gasteiger partial charge in [-0.1, -0.05) is 23.7 Å². The molecule has 0 aliphatic carbocycles. The number of aliphatic imine (C=N–C) groups is 1. The van der Waals surface area contributed by atoms with Crippen LogP contribution in [0.4, 0.5) is 0 Å². The second kappa shape index (κ2) is 11.3. The van der Waals surface area contributed by atoms with Gasteiger partial charge in [0.25, 0.3) is 0 Å². The quantitative estimate of drug-likeness (QED) is 0.548. The second-order valence-electron chi connectivity index (χ2n) is 6.54. The van der Waals surface area contributed by atoms with Gasteiger partial charge in [-0.2, -0.15) is 0 Å². The summed E-state index contributed by atoms with van der Waals surface area (Å²) in [5.41, 5.74) is 1.24. The minimum absolute atomic E-state index is 0.713. The first kappa shape index (κ1) is 20.0. The van der Waals surface area contributed by atoms with E-state index in [-0.39, 0.29) is 0 Å². The van der Waals surface area contributed by atoms with Gasteiger partial charge in [0, 0.05) is 38.8 Å². The summed E-state index contributed by atoms with van der Waals surface area (Å²) in [6.45, 7) is 6.02. The third-order valence-corrected chi connectivity index (χ3v) is 4.93. The summed E-state index contributed by atoms with van der Waals surface area (Å²) in [7, 11) is 3.59. The Hall–Kier alpha value is -1.30. The zero-order valence-electron chi connectivity index (χ0n) is 15.4. The van der Waals surface area contributed by atoms with Crippen molar-refractivity contribution in [3.63, 3.8) is 0 Å². The smallest absolute Gasteiger partial charge is 0.190 e. The number of hydrogen-bond acceptors (Lipinski definition) is 3. The normalized spacial score (nSPS) is 16.8. The zero-order chi connectivity index (χ0) is 17.9. The average Bonchev–Trinajstić information content (AvgIpc) is 2.63. The van der Waals surface area contributed by atoms with E-state index in [1.54, 1.807) is 7.11 Å². The van der Waals surface area contributed by atoms with E-state index in [4.69, 9.17) is 16.3 Å². The minimum atomic E-state index is 0.713. The van der Waals surface area contributed by atoms with E-state index in [0.717, 1.165) is 56.7 Å². The number of rotatable bonds is 8. The highest BCUT2D eigenvalue weighted by atomic mass is 35.5. The predicted octanol–water partition coefficient (Wildman–Crippen LogP) is 2.41. The molecular formula is C19H31ClN4O. The van der Waals surface area contributed by atoms with Gasteiger partial charge in [0.15, 0.2) is 5.96 Å². The molecular weight excluding hydrogens is 336 g/mol. The van der Waals surface area contributed by atoms with E-state index in [1.165, 1.54) is 18.4 Å². The SMILES string of the molecule is CN=C(NCCc1cccc(Cl)c1)NCC1CCN(CCOC)CC1. The molecule has 0 spiro atoms. The Bertz CT molecular complexity index is 530. The van der Waals surface area contributed by atoms with Crippen LogP contribution in [0.3, 0.4) is 0 Å². The van der Waals surface area contributed by atoms with Crippen molar-refractivity contribution in [3.8, 4) is 0 Å². The number of benzene rings is 1. The lowest BCUT2D eigenvalue weighted by atomic mass is 9.97. The molecule has 2 rings (SSSR count). The third-order valence-electron chi connectivity index (χ3n) is 4.70. The molecule has 0 bridgehead atoms. The van der Waals surface area contributed by atoms with Crippen LogP contribution in [-0.2, 0) is 11.2 Å². The molecule has 1 heterocycles. The number of hydrogen-bond donors (Lipinski definition) is 2. The molecule has 5 nitrogen and oxygen atoms in total. The lowest BCUT2D eigenvalue weighted by molar-refractivity contribution is 0.121. The standard InChI is InChI=1S/C19H31ClN4O/c1-21-19(22-9-6-16-4-3-5-18(20)14-16)23-15-17-7-10-24(11-8-17)12-13-25-2/h3-5,14,17H,6-13,15H2,1-2H3,(H2,21,22,23). The fourth-order valence-corrected chi connectivity index (χ4v) is 3.33. The Kier molecular flexibility index (Phi) is 9.08. The van der Waals surface area contributed by atoms with Crippen molar-refractivity contribution in [2.75, 3.05) is 53.5 Å². The highest BCUT2D eigenvalue weighted by Gasteiger charge is 2.18. The predicted molar refractivity (Wildman–Crippen MR) is 106 cm³/mol. The molecule has 1 aliphatic heterocycles. The van der Waals surface area contributed by atoms with Crippen LogP contribution in [0.15, 0.2) is 29.3 Å². The monoisotopic (exact) mass is 366 g/mol. The number of likely N-dealkylation sites (tertiary alicyclic amines) is 1.